The van der Waals surface area contributed by atoms with Gasteiger partial charge >= 0.3 is 0 Å². The van der Waals surface area contributed by atoms with E-state index >= 15 is 0 Å². The van der Waals surface area contributed by atoms with Crippen LogP contribution in [0.15, 0.2) is 18.2 Å². The fourth-order valence-corrected chi connectivity index (χ4v) is 2.31. The molecule has 0 aliphatic carbocycles. The Hall–Kier alpha value is -1.69. The van der Waals surface area contributed by atoms with Gasteiger partial charge in [-0.2, -0.15) is 0 Å². The second kappa shape index (κ2) is 5.12. The van der Waals surface area contributed by atoms with Gasteiger partial charge < -0.3 is 4.43 Å². The summed E-state index contributed by atoms with van der Waals surface area (Å²) in [5, 5.41) is 10.9. The van der Waals surface area contributed by atoms with E-state index in [2.05, 4.69) is 33.9 Å². The minimum atomic E-state index is -2.04. The molecule has 0 saturated carbocycles. The summed E-state index contributed by atoms with van der Waals surface area (Å²) in [5.74, 6) is 0.448. The Morgan fingerprint density at radius 2 is 1.89 bits per heavy atom. The Balaban J connectivity index is 3.14. The molecule has 0 heterocycles. The molecule has 6 heteroatoms. The Morgan fingerprint density at radius 1 is 1.32 bits per heavy atom. The van der Waals surface area contributed by atoms with Gasteiger partial charge in [-0.25, -0.2) is 0 Å². The molecule has 0 aromatic heterocycles. The smallest absolute Gasteiger partial charge is 0.283 e. The fraction of sp³-hybridized carbons (Fsp3) is 0.462. The fourth-order valence-electron chi connectivity index (χ4n) is 1.29. The maximum Gasteiger partial charge on any atom is 0.283 e. The van der Waals surface area contributed by atoms with Crippen LogP contribution in [0.2, 0.25) is 18.1 Å². The molecule has 0 atom stereocenters. The molecule has 0 saturated heterocycles. The van der Waals surface area contributed by atoms with Gasteiger partial charge in [0, 0.05) is 0 Å². The van der Waals surface area contributed by atoms with Crippen molar-refractivity contribution in [2.75, 3.05) is 0 Å². The minimum Gasteiger partial charge on any atom is -0.543 e. The molecule has 1 aromatic carbocycles. The lowest BCUT2D eigenvalue weighted by molar-refractivity contribution is -0.385. The van der Waals surface area contributed by atoms with E-state index in [4.69, 9.17) is 4.43 Å². The topological polar surface area (TPSA) is 69.4 Å². The largest absolute Gasteiger partial charge is 0.543 e. The van der Waals surface area contributed by atoms with E-state index in [-0.39, 0.29) is 16.3 Å². The lowest BCUT2D eigenvalue weighted by Gasteiger charge is -2.36. The number of hydrogen-bond acceptors (Lipinski definition) is 4. The molecule has 104 valence electrons. The van der Waals surface area contributed by atoms with Crippen LogP contribution in [0.4, 0.5) is 5.69 Å². The Labute approximate surface area is 113 Å². The van der Waals surface area contributed by atoms with Crippen molar-refractivity contribution in [1.29, 1.82) is 0 Å². The molecule has 0 fully saturated rings. The summed E-state index contributed by atoms with van der Waals surface area (Å²) in [5.41, 5.74) is -0.154. The average Bonchev–Trinajstić information content (AvgIpc) is 2.26. The second-order valence-corrected chi connectivity index (χ2v) is 10.7. The van der Waals surface area contributed by atoms with E-state index in [0.717, 1.165) is 0 Å². The summed E-state index contributed by atoms with van der Waals surface area (Å²) in [6, 6.07) is 4.36. The number of carbonyl (C=O) groups excluding carboxylic acids is 1. The van der Waals surface area contributed by atoms with E-state index in [1.54, 1.807) is 6.07 Å². The number of rotatable bonds is 4. The van der Waals surface area contributed by atoms with Gasteiger partial charge in [0.25, 0.3) is 5.69 Å². The van der Waals surface area contributed by atoms with Gasteiger partial charge in [-0.1, -0.05) is 20.8 Å². The van der Waals surface area contributed by atoms with Crippen molar-refractivity contribution in [2.24, 2.45) is 0 Å². The predicted molar refractivity (Wildman–Crippen MR) is 76.3 cm³/mol. The summed E-state index contributed by atoms with van der Waals surface area (Å²) in [6.07, 6.45) is 0.480. The first kappa shape index (κ1) is 15.4. The van der Waals surface area contributed by atoms with Crippen molar-refractivity contribution in [3.8, 4) is 5.75 Å². The molecular formula is C13H19NO4Si. The highest BCUT2D eigenvalue weighted by atomic mass is 28.4. The summed E-state index contributed by atoms with van der Waals surface area (Å²) in [7, 11) is -2.04. The normalized spacial score (nSPS) is 12.1. The number of benzene rings is 1. The highest BCUT2D eigenvalue weighted by Gasteiger charge is 2.39. The van der Waals surface area contributed by atoms with Crippen LogP contribution in [0, 0.1) is 10.1 Å². The Morgan fingerprint density at radius 3 is 2.32 bits per heavy atom. The lowest BCUT2D eigenvalue weighted by atomic mass is 10.2. The number of nitro benzene ring substituents is 1. The van der Waals surface area contributed by atoms with Crippen molar-refractivity contribution in [2.45, 2.75) is 38.9 Å². The molecule has 5 nitrogen and oxygen atoms in total. The summed E-state index contributed by atoms with van der Waals surface area (Å²) in [4.78, 5) is 21.1. The first-order valence-electron chi connectivity index (χ1n) is 6.01. The maximum absolute atomic E-state index is 10.9. The highest BCUT2D eigenvalue weighted by molar-refractivity contribution is 6.74. The van der Waals surface area contributed by atoms with E-state index in [1.807, 2.05) is 0 Å². The number of aldehydes is 1. The van der Waals surface area contributed by atoms with Crippen LogP contribution in [0.1, 0.15) is 31.1 Å². The van der Waals surface area contributed by atoms with Crippen LogP contribution >= 0.6 is 0 Å². The van der Waals surface area contributed by atoms with E-state index in [1.165, 1.54) is 12.1 Å². The summed E-state index contributed by atoms with van der Waals surface area (Å²) < 4.78 is 5.98. The Kier molecular flexibility index (Phi) is 4.14. The van der Waals surface area contributed by atoms with Crippen LogP contribution in [0.25, 0.3) is 0 Å². The molecule has 0 spiro atoms. The average molecular weight is 281 g/mol. The third-order valence-corrected chi connectivity index (χ3v) is 7.86. The van der Waals surface area contributed by atoms with Crippen LogP contribution in [-0.2, 0) is 0 Å². The molecule has 1 aromatic rings. The van der Waals surface area contributed by atoms with Gasteiger partial charge in [-0.05, 0) is 30.3 Å². The number of nitrogens with zero attached hydrogens (tertiary/aromatic N) is 1. The van der Waals surface area contributed by atoms with Crippen LogP contribution in [-0.4, -0.2) is 19.5 Å². The summed E-state index contributed by atoms with van der Waals surface area (Å²) >= 11 is 0. The van der Waals surface area contributed by atoms with Crippen molar-refractivity contribution in [3.63, 3.8) is 0 Å². The van der Waals surface area contributed by atoms with Gasteiger partial charge in [0.15, 0.2) is 6.29 Å². The van der Waals surface area contributed by atoms with Crippen molar-refractivity contribution in [1.82, 2.24) is 0 Å². The monoisotopic (exact) mass is 281 g/mol. The molecule has 0 unspecified atom stereocenters. The van der Waals surface area contributed by atoms with Crippen LogP contribution < -0.4 is 4.43 Å². The molecule has 19 heavy (non-hydrogen) atoms. The predicted octanol–water partition coefficient (Wildman–Crippen LogP) is 3.79. The van der Waals surface area contributed by atoms with E-state index < -0.39 is 13.2 Å². The molecular weight excluding hydrogens is 262 g/mol. The number of hydrogen-bond donors (Lipinski definition) is 0. The molecule has 0 radical (unpaired) electrons. The first-order chi connectivity index (χ1) is 8.58. The van der Waals surface area contributed by atoms with E-state index in [0.29, 0.717) is 12.0 Å². The molecule has 0 aliphatic rings. The third kappa shape index (κ3) is 3.41. The number of carbonyl (C=O) groups is 1. The molecule has 0 N–H and O–H groups in total. The van der Waals surface area contributed by atoms with Gasteiger partial charge in [-0.15, -0.1) is 0 Å². The minimum absolute atomic E-state index is 0.00507. The second-order valence-electron chi connectivity index (χ2n) is 5.96. The van der Waals surface area contributed by atoms with Crippen molar-refractivity contribution in [3.05, 3.63) is 33.9 Å². The van der Waals surface area contributed by atoms with Crippen LogP contribution in [0.5, 0.6) is 5.75 Å². The standard InChI is InChI=1S/C13H19NO4Si/c1-13(2,3)19(4,5)18-11-7-6-10(9-15)12(8-11)14(16)17/h6-9H,1-5H3. The van der Waals surface area contributed by atoms with Crippen LogP contribution in [0.3, 0.4) is 0 Å². The molecule has 1 rings (SSSR count). The number of nitro groups is 1. The third-order valence-electron chi connectivity index (χ3n) is 3.50. The van der Waals surface area contributed by atoms with Gasteiger partial charge in [0.05, 0.1) is 16.6 Å². The summed E-state index contributed by atoms with van der Waals surface area (Å²) in [6.45, 7) is 10.4. The quantitative estimate of drug-likeness (QED) is 0.364. The van der Waals surface area contributed by atoms with Crippen molar-refractivity contribution >= 4 is 20.3 Å². The Bertz CT molecular complexity index is 506. The maximum atomic E-state index is 10.9. The van der Waals surface area contributed by atoms with Gasteiger partial charge in [0.1, 0.15) is 5.75 Å². The molecule has 0 amide bonds. The highest BCUT2D eigenvalue weighted by Crippen LogP contribution is 2.38. The van der Waals surface area contributed by atoms with Crippen molar-refractivity contribution < 1.29 is 14.1 Å². The van der Waals surface area contributed by atoms with Gasteiger partial charge in [-0.3, -0.25) is 14.9 Å². The zero-order valence-electron chi connectivity index (χ0n) is 11.9. The lowest BCUT2D eigenvalue weighted by Crippen LogP contribution is -2.43. The first-order valence-corrected chi connectivity index (χ1v) is 8.92. The molecule has 0 bridgehead atoms. The zero-order chi connectivity index (χ0) is 14.8. The SMILES string of the molecule is CC(C)(C)[Si](C)(C)Oc1ccc(C=O)c([N+](=O)[O-])c1. The molecule has 0 aliphatic heterocycles. The van der Waals surface area contributed by atoms with Gasteiger partial charge in [0.2, 0.25) is 8.32 Å². The zero-order valence-corrected chi connectivity index (χ0v) is 12.9. The van der Waals surface area contributed by atoms with E-state index in [9.17, 15) is 14.9 Å².